The summed E-state index contributed by atoms with van der Waals surface area (Å²) in [6.45, 7) is 6.87. The average molecular weight is 202 g/mol. The highest BCUT2D eigenvalue weighted by Crippen LogP contribution is 2.35. The second kappa shape index (κ2) is 4.38. The molecule has 0 radical (unpaired) electrons. The van der Waals surface area contributed by atoms with Crippen molar-refractivity contribution in [2.45, 2.75) is 58.3 Å². The number of hydrogen-bond acceptors (Lipinski definition) is 0. The molecule has 1 atom stereocenters. The molecule has 1 aliphatic carbocycles. The van der Waals surface area contributed by atoms with Gasteiger partial charge < -0.3 is 0 Å². The summed E-state index contributed by atoms with van der Waals surface area (Å²) in [6, 6.07) is 7.16. The van der Waals surface area contributed by atoms with Crippen molar-refractivity contribution >= 4 is 0 Å². The van der Waals surface area contributed by atoms with Gasteiger partial charge in [-0.25, -0.2) is 0 Å². The van der Waals surface area contributed by atoms with Crippen LogP contribution < -0.4 is 0 Å². The van der Waals surface area contributed by atoms with Crippen LogP contribution in [0, 0.1) is 0 Å². The third-order valence-corrected chi connectivity index (χ3v) is 3.77. The lowest BCUT2D eigenvalue weighted by atomic mass is 9.80. The molecule has 0 bridgehead atoms. The van der Waals surface area contributed by atoms with Gasteiger partial charge in [0.2, 0.25) is 0 Å². The van der Waals surface area contributed by atoms with Gasteiger partial charge in [-0.05, 0) is 54.2 Å². The Balaban J connectivity index is 2.36. The van der Waals surface area contributed by atoms with E-state index in [0.717, 1.165) is 5.92 Å². The Morgan fingerprint density at radius 2 is 2.13 bits per heavy atom. The van der Waals surface area contributed by atoms with Crippen molar-refractivity contribution in [3.05, 3.63) is 34.9 Å². The molecular formula is C15H22. The molecule has 0 amide bonds. The van der Waals surface area contributed by atoms with Gasteiger partial charge in [0.25, 0.3) is 0 Å². The van der Waals surface area contributed by atoms with Crippen LogP contribution in [0.1, 0.15) is 68.6 Å². The summed E-state index contributed by atoms with van der Waals surface area (Å²) in [6.07, 6.45) is 5.37. The van der Waals surface area contributed by atoms with Crippen LogP contribution in [0.25, 0.3) is 0 Å². The predicted molar refractivity (Wildman–Crippen MR) is 66.5 cm³/mol. The zero-order valence-corrected chi connectivity index (χ0v) is 10.2. The van der Waals surface area contributed by atoms with Crippen molar-refractivity contribution in [3.63, 3.8) is 0 Å². The Hall–Kier alpha value is -0.780. The summed E-state index contributed by atoms with van der Waals surface area (Å²) >= 11 is 0. The van der Waals surface area contributed by atoms with E-state index in [2.05, 4.69) is 39.0 Å². The minimum Gasteiger partial charge on any atom is -0.0648 e. The fourth-order valence-electron chi connectivity index (χ4n) is 2.72. The van der Waals surface area contributed by atoms with Crippen LogP contribution in [-0.4, -0.2) is 0 Å². The van der Waals surface area contributed by atoms with Gasteiger partial charge in [0, 0.05) is 0 Å². The third-order valence-electron chi connectivity index (χ3n) is 3.77. The average Bonchev–Trinajstić information content (AvgIpc) is 2.27. The van der Waals surface area contributed by atoms with E-state index in [4.69, 9.17) is 0 Å². The number of hydrogen-bond donors (Lipinski definition) is 0. The van der Waals surface area contributed by atoms with Gasteiger partial charge >= 0.3 is 0 Å². The fourth-order valence-corrected chi connectivity index (χ4v) is 2.72. The second-order valence-corrected chi connectivity index (χ2v) is 5.11. The van der Waals surface area contributed by atoms with E-state index in [1.165, 1.54) is 31.2 Å². The molecule has 0 heterocycles. The molecule has 15 heavy (non-hydrogen) atoms. The van der Waals surface area contributed by atoms with Crippen molar-refractivity contribution < 1.29 is 0 Å². The van der Waals surface area contributed by atoms with Gasteiger partial charge in [0.05, 0.1) is 0 Å². The normalized spacial score (nSPS) is 20.4. The van der Waals surface area contributed by atoms with Gasteiger partial charge in [0.15, 0.2) is 0 Å². The molecule has 1 aliphatic rings. The first-order chi connectivity index (χ1) is 7.22. The highest BCUT2D eigenvalue weighted by molar-refractivity contribution is 5.37. The monoisotopic (exact) mass is 202 g/mol. The highest BCUT2D eigenvalue weighted by Gasteiger charge is 2.18. The van der Waals surface area contributed by atoms with E-state index in [1.54, 1.807) is 11.1 Å². The first kappa shape index (κ1) is 10.7. The predicted octanol–water partition coefficient (Wildman–Crippen LogP) is 4.64. The molecule has 0 nitrogen and oxygen atoms in total. The summed E-state index contributed by atoms with van der Waals surface area (Å²) in [4.78, 5) is 0. The van der Waals surface area contributed by atoms with Gasteiger partial charge in [-0.3, -0.25) is 0 Å². The number of rotatable bonds is 2. The van der Waals surface area contributed by atoms with Crippen molar-refractivity contribution in [1.82, 2.24) is 0 Å². The van der Waals surface area contributed by atoms with Crippen LogP contribution in [0.5, 0.6) is 0 Å². The molecule has 0 aliphatic heterocycles. The zero-order chi connectivity index (χ0) is 10.8. The molecular weight excluding hydrogens is 180 g/mol. The highest BCUT2D eigenvalue weighted by atomic mass is 14.2. The standard InChI is InChI=1S/C15H22/c1-4-12-6-5-7-14-10-13(11(2)3)8-9-15(12)14/h8-12H,4-7H2,1-3H3. The van der Waals surface area contributed by atoms with E-state index in [9.17, 15) is 0 Å². The Bertz CT molecular complexity index is 336. The van der Waals surface area contributed by atoms with Crippen LogP contribution in [0.2, 0.25) is 0 Å². The topological polar surface area (TPSA) is 0 Å². The van der Waals surface area contributed by atoms with Crippen molar-refractivity contribution in [2.75, 3.05) is 0 Å². The van der Waals surface area contributed by atoms with E-state index in [0.29, 0.717) is 5.92 Å². The fraction of sp³-hybridized carbons (Fsp3) is 0.600. The van der Waals surface area contributed by atoms with Gasteiger partial charge in [0.1, 0.15) is 0 Å². The Morgan fingerprint density at radius 1 is 1.33 bits per heavy atom. The Kier molecular flexibility index (Phi) is 3.14. The van der Waals surface area contributed by atoms with Crippen LogP contribution in [0.15, 0.2) is 18.2 Å². The maximum absolute atomic E-state index is 2.45. The quantitative estimate of drug-likeness (QED) is 0.655. The number of aryl methyl sites for hydroxylation is 1. The zero-order valence-electron chi connectivity index (χ0n) is 10.2. The summed E-state index contributed by atoms with van der Waals surface area (Å²) in [7, 11) is 0. The molecule has 1 aromatic carbocycles. The number of benzene rings is 1. The smallest absolute Gasteiger partial charge is 0.0162 e. The molecule has 1 aromatic rings. The lowest BCUT2D eigenvalue weighted by Gasteiger charge is -2.25. The Labute approximate surface area is 93.7 Å². The van der Waals surface area contributed by atoms with Crippen molar-refractivity contribution in [3.8, 4) is 0 Å². The number of fused-ring (bicyclic) bond motifs is 1. The van der Waals surface area contributed by atoms with Crippen LogP contribution >= 0.6 is 0 Å². The summed E-state index contributed by atoms with van der Waals surface area (Å²) in [5.74, 6) is 1.49. The first-order valence-electron chi connectivity index (χ1n) is 6.35. The van der Waals surface area contributed by atoms with E-state index in [1.807, 2.05) is 0 Å². The molecule has 0 fully saturated rings. The minimum atomic E-state index is 0.664. The maximum Gasteiger partial charge on any atom is -0.0162 e. The van der Waals surface area contributed by atoms with Gasteiger partial charge in [-0.2, -0.15) is 0 Å². The summed E-state index contributed by atoms with van der Waals surface area (Å²) in [5.41, 5.74) is 4.76. The Morgan fingerprint density at radius 3 is 2.80 bits per heavy atom. The van der Waals surface area contributed by atoms with Crippen LogP contribution in [0.4, 0.5) is 0 Å². The van der Waals surface area contributed by atoms with Crippen molar-refractivity contribution in [1.29, 1.82) is 0 Å². The molecule has 0 saturated heterocycles. The van der Waals surface area contributed by atoms with E-state index >= 15 is 0 Å². The third kappa shape index (κ3) is 2.09. The summed E-state index contributed by atoms with van der Waals surface area (Å²) < 4.78 is 0. The summed E-state index contributed by atoms with van der Waals surface area (Å²) in [5, 5.41) is 0. The molecule has 0 N–H and O–H groups in total. The van der Waals surface area contributed by atoms with Gasteiger partial charge in [-0.15, -0.1) is 0 Å². The molecule has 0 aromatic heterocycles. The molecule has 82 valence electrons. The maximum atomic E-state index is 2.45. The lowest BCUT2D eigenvalue weighted by molar-refractivity contribution is 0.539. The van der Waals surface area contributed by atoms with Crippen LogP contribution in [-0.2, 0) is 6.42 Å². The molecule has 0 spiro atoms. The SMILES string of the molecule is CCC1CCCc2cc(C(C)C)ccc21. The van der Waals surface area contributed by atoms with Gasteiger partial charge in [-0.1, -0.05) is 39.0 Å². The molecule has 0 heteroatoms. The van der Waals surface area contributed by atoms with E-state index < -0.39 is 0 Å². The first-order valence-corrected chi connectivity index (χ1v) is 6.35. The molecule has 0 saturated carbocycles. The van der Waals surface area contributed by atoms with Crippen molar-refractivity contribution in [2.24, 2.45) is 0 Å². The second-order valence-electron chi connectivity index (χ2n) is 5.11. The lowest BCUT2D eigenvalue weighted by Crippen LogP contribution is -2.09. The molecule has 2 rings (SSSR count). The molecule has 1 unspecified atom stereocenters. The largest absolute Gasteiger partial charge is 0.0648 e. The van der Waals surface area contributed by atoms with Crippen LogP contribution in [0.3, 0.4) is 0 Å². The van der Waals surface area contributed by atoms with E-state index in [-0.39, 0.29) is 0 Å². The minimum absolute atomic E-state index is 0.664.